The van der Waals surface area contributed by atoms with Gasteiger partial charge in [-0.3, -0.25) is 4.79 Å². The van der Waals surface area contributed by atoms with Crippen LogP contribution in [-0.2, 0) is 11.2 Å². The zero-order valence-electron chi connectivity index (χ0n) is 12.0. The Bertz CT molecular complexity index is 481. The van der Waals surface area contributed by atoms with E-state index < -0.39 is 11.7 Å². The molecule has 2 N–H and O–H groups in total. The molecule has 20 heavy (non-hydrogen) atoms. The van der Waals surface area contributed by atoms with E-state index in [4.69, 9.17) is 4.74 Å². The number of carbonyl (C=O) groups is 2. The maximum Gasteiger partial charge on any atom is 0.407 e. The summed E-state index contributed by atoms with van der Waals surface area (Å²) >= 11 is 0. The molecule has 0 aliphatic carbocycles. The summed E-state index contributed by atoms with van der Waals surface area (Å²) in [7, 11) is 0. The molecule has 1 aromatic heterocycles. The van der Waals surface area contributed by atoms with Crippen LogP contribution >= 0.6 is 0 Å². The summed E-state index contributed by atoms with van der Waals surface area (Å²) < 4.78 is 5.09. The topological polar surface area (TPSA) is 88.5 Å². The number of aldehydes is 1. The third-order valence-corrected chi connectivity index (χ3v) is 2.44. The van der Waals surface area contributed by atoms with Gasteiger partial charge >= 0.3 is 6.09 Å². The Hall–Kier alpha value is -2.11. The first kappa shape index (κ1) is 15.9. The summed E-state index contributed by atoms with van der Waals surface area (Å²) in [4.78, 5) is 25.8. The van der Waals surface area contributed by atoms with E-state index in [2.05, 4.69) is 10.3 Å². The van der Waals surface area contributed by atoms with Crippen molar-refractivity contribution in [1.29, 1.82) is 0 Å². The highest BCUT2D eigenvalue weighted by Gasteiger charge is 2.15. The van der Waals surface area contributed by atoms with Gasteiger partial charge in [-0.1, -0.05) is 0 Å². The van der Waals surface area contributed by atoms with Crippen molar-refractivity contribution in [2.75, 3.05) is 6.54 Å². The van der Waals surface area contributed by atoms with Crippen LogP contribution in [0.25, 0.3) is 0 Å². The van der Waals surface area contributed by atoms with Crippen molar-refractivity contribution < 1.29 is 19.4 Å². The summed E-state index contributed by atoms with van der Waals surface area (Å²) in [5.74, 6) is -0.0974. The highest BCUT2D eigenvalue weighted by molar-refractivity contribution is 5.76. The zero-order chi connectivity index (χ0) is 15.2. The van der Waals surface area contributed by atoms with Gasteiger partial charge in [0.25, 0.3) is 0 Å². The van der Waals surface area contributed by atoms with Crippen molar-refractivity contribution >= 4 is 12.4 Å². The number of ether oxygens (including phenoxy) is 1. The number of hydrogen-bond acceptors (Lipinski definition) is 5. The van der Waals surface area contributed by atoms with Gasteiger partial charge in [-0.15, -0.1) is 0 Å². The predicted molar refractivity (Wildman–Crippen MR) is 73.8 cm³/mol. The number of amides is 1. The number of aromatic nitrogens is 1. The van der Waals surface area contributed by atoms with E-state index in [1.807, 2.05) is 0 Å². The minimum absolute atomic E-state index is 0.0302. The van der Waals surface area contributed by atoms with Crippen molar-refractivity contribution in [2.45, 2.75) is 39.2 Å². The molecule has 6 heteroatoms. The van der Waals surface area contributed by atoms with Crippen molar-refractivity contribution in [3.63, 3.8) is 0 Å². The predicted octanol–water partition coefficient (Wildman–Crippen LogP) is 2.06. The third kappa shape index (κ3) is 5.26. The number of nitrogens with one attached hydrogen (secondary N) is 1. The van der Waals surface area contributed by atoms with Crippen LogP contribution in [0.4, 0.5) is 4.79 Å². The lowest BCUT2D eigenvalue weighted by molar-refractivity contribution is 0.0527. The fourth-order valence-electron chi connectivity index (χ4n) is 1.58. The van der Waals surface area contributed by atoms with E-state index in [0.29, 0.717) is 31.2 Å². The summed E-state index contributed by atoms with van der Waals surface area (Å²) in [6.07, 6.45) is 2.67. The monoisotopic (exact) mass is 280 g/mol. The first-order chi connectivity index (χ1) is 9.33. The molecular weight excluding hydrogens is 260 g/mol. The lowest BCUT2D eigenvalue weighted by Gasteiger charge is -2.19. The van der Waals surface area contributed by atoms with E-state index in [-0.39, 0.29) is 11.4 Å². The molecule has 0 unspecified atom stereocenters. The molecule has 0 atom stereocenters. The molecule has 1 heterocycles. The quantitative estimate of drug-likeness (QED) is 0.636. The van der Waals surface area contributed by atoms with Crippen molar-refractivity contribution in [3.8, 4) is 5.75 Å². The van der Waals surface area contributed by atoms with Gasteiger partial charge in [-0.25, -0.2) is 9.78 Å². The SMILES string of the molecule is CC(C)(C)OC(=O)NCCCc1ccnc(C=O)c1O. The van der Waals surface area contributed by atoms with Crippen molar-refractivity contribution in [1.82, 2.24) is 10.3 Å². The second-order valence-corrected chi connectivity index (χ2v) is 5.35. The molecule has 0 spiro atoms. The van der Waals surface area contributed by atoms with Gasteiger partial charge in [0.2, 0.25) is 0 Å². The first-order valence-electron chi connectivity index (χ1n) is 6.42. The molecule has 110 valence electrons. The molecule has 0 radical (unpaired) electrons. The second kappa shape index (κ2) is 6.88. The minimum atomic E-state index is -0.522. The Morgan fingerprint density at radius 2 is 2.20 bits per heavy atom. The lowest BCUT2D eigenvalue weighted by atomic mass is 10.1. The molecule has 0 saturated carbocycles. The van der Waals surface area contributed by atoms with Gasteiger partial charge in [0.15, 0.2) is 6.29 Å². The van der Waals surface area contributed by atoms with Crippen LogP contribution in [0.5, 0.6) is 5.75 Å². The van der Waals surface area contributed by atoms with Crippen LogP contribution in [0.15, 0.2) is 12.3 Å². The highest BCUT2D eigenvalue weighted by Crippen LogP contribution is 2.19. The molecule has 0 aliphatic rings. The molecule has 0 aliphatic heterocycles. The standard InChI is InChI=1S/C14H20N2O4/c1-14(2,3)20-13(19)16-7-4-5-10-6-8-15-11(9-17)12(10)18/h6,8-9,18H,4-5,7H2,1-3H3,(H,16,19). The van der Waals surface area contributed by atoms with E-state index in [9.17, 15) is 14.7 Å². The summed E-state index contributed by atoms with van der Waals surface area (Å²) in [6, 6.07) is 1.65. The largest absolute Gasteiger partial charge is 0.505 e. The average Bonchev–Trinajstić information content (AvgIpc) is 2.34. The van der Waals surface area contributed by atoms with E-state index >= 15 is 0 Å². The van der Waals surface area contributed by atoms with Crippen molar-refractivity contribution in [3.05, 3.63) is 23.5 Å². The smallest absolute Gasteiger partial charge is 0.407 e. The number of carbonyl (C=O) groups excluding carboxylic acids is 2. The van der Waals surface area contributed by atoms with Crippen LogP contribution in [0.2, 0.25) is 0 Å². The van der Waals surface area contributed by atoms with E-state index in [1.54, 1.807) is 26.8 Å². The molecule has 6 nitrogen and oxygen atoms in total. The fraction of sp³-hybridized carbons (Fsp3) is 0.500. The Morgan fingerprint density at radius 1 is 1.50 bits per heavy atom. The Balaban J connectivity index is 2.39. The number of nitrogens with zero attached hydrogens (tertiary/aromatic N) is 1. The van der Waals surface area contributed by atoms with Gasteiger partial charge in [0.05, 0.1) is 0 Å². The third-order valence-electron chi connectivity index (χ3n) is 2.44. The van der Waals surface area contributed by atoms with Crippen LogP contribution < -0.4 is 5.32 Å². The molecule has 0 bridgehead atoms. The number of hydrogen-bond donors (Lipinski definition) is 2. The summed E-state index contributed by atoms with van der Waals surface area (Å²) in [5.41, 5.74) is 0.141. The maximum atomic E-state index is 11.4. The Labute approximate surface area is 118 Å². The number of alkyl carbamates (subject to hydrolysis) is 1. The number of aromatic hydroxyl groups is 1. The van der Waals surface area contributed by atoms with Crippen LogP contribution in [0, 0.1) is 0 Å². The summed E-state index contributed by atoms with van der Waals surface area (Å²) in [5, 5.41) is 12.4. The summed E-state index contributed by atoms with van der Waals surface area (Å²) in [6.45, 7) is 5.81. The molecular formula is C14H20N2O4. The fourth-order valence-corrected chi connectivity index (χ4v) is 1.58. The van der Waals surface area contributed by atoms with Crippen LogP contribution in [-0.4, -0.2) is 34.6 Å². The van der Waals surface area contributed by atoms with Gasteiger partial charge in [-0.2, -0.15) is 0 Å². The molecule has 1 amide bonds. The Kier molecular flexibility index (Phi) is 5.49. The van der Waals surface area contributed by atoms with Gasteiger partial charge in [-0.05, 0) is 45.2 Å². The molecule has 0 aromatic carbocycles. The van der Waals surface area contributed by atoms with Gasteiger partial charge in [0, 0.05) is 12.7 Å². The van der Waals surface area contributed by atoms with Gasteiger partial charge < -0.3 is 15.2 Å². The van der Waals surface area contributed by atoms with Crippen molar-refractivity contribution in [2.24, 2.45) is 0 Å². The zero-order valence-corrected chi connectivity index (χ0v) is 12.0. The minimum Gasteiger partial charge on any atom is -0.505 e. The maximum absolute atomic E-state index is 11.4. The number of rotatable bonds is 5. The molecule has 0 saturated heterocycles. The van der Waals surface area contributed by atoms with Gasteiger partial charge in [0.1, 0.15) is 17.0 Å². The molecule has 0 fully saturated rings. The first-order valence-corrected chi connectivity index (χ1v) is 6.42. The lowest BCUT2D eigenvalue weighted by Crippen LogP contribution is -2.33. The second-order valence-electron chi connectivity index (χ2n) is 5.35. The number of aryl methyl sites for hydroxylation is 1. The van der Waals surface area contributed by atoms with Crippen LogP contribution in [0.3, 0.4) is 0 Å². The Morgan fingerprint density at radius 3 is 2.80 bits per heavy atom. The molecule has 1 aromatic rings. The normalized spacial score (nSPS) is 10.9. The van der Waals surface area contributed by atoms with E-state index in [0.717, 1.165) is 0 Å². The molecule has 1 rings (SSSR count). The number of pyridine rings is 1. The highest BCUT2D eigenvalue weighted by atomic mass is 16.6. The van der Waals surface area contributed by atoms with Crippen LogP contribution in [0.1, 0.15) is 43.2 Å². The van der Waals surface area contributed by atoms with E-state index in [1.165, 1.54) is 6.20 Å². The average molecular weight is 280 g/mol.